The summed E-state index contributed by atoms with van der Waals surface area (Å²) in [5, 5.41) is 0. The molecule has 0 saturated heterocycles. The molecule has 3 nitrogen and oxygen atoms in total. The maximum Gasteiger partial charge on any atom is 0.127 e. The Kier molecular flexibility index (Phi) is 6.80. The largest absolute Gasteiger partial charge is 0.497 e. The molecule has 176 valence electrons. The van der Waals surface area contributed by atoms with Gasteiger partial charge in [0.05, 0.1) is 7.11 Å². The zero-order valence-electron chi connectivity index (χ0n) is 19.8. The van der Waals surface area contributed by atoms with Crippen LogP contribution in [0.1, 0.15) is 30.4 Å². The fraction of sp³-hybridized carbons (Fsp3) is 0.161. The first kappa shape index (κ1) is 22.7. The zero-order chi connectivity index (χ0) is 24.0. The quantitative estimate of drug-likeness (QED) is 0.371. The smallest absolute Gasteiger partial charge is 0.127 e. The molecule has 0 N–H and O–H groups in total. The van der Waals surface area contributed by atoms with Crippen molar-refractivity contribution in [2.45, 2.75) is 25.9 Å². The molecule has 3 aromatic carbocycles. The Bertz CT molecular complexity index is 1300. The van der Waals surface area contributed by atoms with E-state index in [-0.39, 0.29) is 5.82 Å². The second-order valence-electron chi connectivity index (χ2n) is 8.63. The fourth-order valence-electron chi connectivity index (χ4n) is 4.43. The van der Waals surface area contributed by atoms with Crippen LogP contribution in [0.25, 0.3) is 6.08 Å². The Labute approximate surface area is 206 Å². The van der Waals surface area contributed by atoms with Gasteiger partial charge in [-0.05, 0) is 84.5 Å². The van der Waals surface area contributed by atoms with Gasteiger partial charge in [0.15, 0.2) is 0 Å². The maximum atomic E-state index is 13.7. The molecule has 2 aliphatic rings. The number of para-hydroxylation sites is 1. The number of halogens is 1. The number of methoxy groups -OCH3 is 1. The van der Waals surface area contributed by atoms with Crippen molar-refractivity contribution in [3.05, 3.63) is 137 Å². The van der Waals surface area contributed by atoms with Crippen LogP contribution in [0.5, 0.6) is 5.75 Å². The van der Waals surface area contributed by atoms with E-state index in [0.29, 0.717) is 6.61 Å². The highest BCUT2D eigenvalue weighted by atomic mass is 19.1. The first-order valence-electron chi connectivity index (χ1n) is 11.9. The lowest BCUT2D eigenvalue weighted by atomic mass is 9.95. The second kappa shape index (κ2) is 10.5. The number of fused-ring (bicyclic) bond motifs is 1. The van der Waals surface area contributed by atoms with Crippen molar-refractivity contribution in [3.8, 4) is 5.75 Å². The van der Waals surface area contributed by atoms with E-state index in [1.54, 1.807) is 7.11 Å². The van der Waals surface area contributed by atoms with Gasteiger partial charge in [0.2, 0.25) is 0 Å². The van der Waals surface area contributed by atoms with E-state index in [9.17, 15) is 4.39 Å². The SMILES string of the molecule is COC1=CCC2=CN(c3ccc(F)cc3)C(=Cc3ccccc3OCc3ccccc3)CCC2=C1. The molecule has 1 aliphatic carbocycles. The summed E-state index contributed by atoms with van der Waals surface area (Å²) in [6.07, 6.45) is 11.1. The monoisotopic (exact) mass is 465 g/mol. The molecular weight excluding hydrogens is 437 g/mol. The standard InChI is InChI=1S/C31H28FNO2/c1-34-30-18-12-26-21-33(28-16-13-27(32)14-17-28)29(15-11-24(26)20-30)19-25-9-5-6-10-31(25)35-22-23-7-3-2-4-8-23/h2-10,13-14,16-21H,11-12,15,22H2,1H3. The predicted octanol–water partition coefficient (Wildman–Crippen LogP) is 7.79. The van der Waals surface area contributed by atoms with Crippen LogP contribution in [0.4, 0.5) is 10.1 Å². The van der Waals surface area contributed by atoms with Gasteiger partial charge in [-0.25, -0.2) is 4.39 Å². The molecule has 0 unspecified atom stereocenters. The minimum Gasteiger partial charge on any atom is -0.497 e. The summed E-state index contributed by atoms with van der Waals surface area (Å²) in [5.74, 6) is 1.49. The number of allylic oxidation sites excluding steroid dienone is 5. The summed E-state index contributed by atoms with van der Waals surface area (Å²) in [5.41, 5.74) is 6.70. The third-order valence-corrected chi connectivity index (χ3v) is 6.32. The summed E-state index contributed by atoms with van der Waals surface area (Å²) >= 11 is 0. The molecule has 5 rings (SSSR count). The minimum atomic E-state index is -0.243. The molecule has 0 fully saturated rings. The van der Waals surface area contributed by atoms with Gasteiger partial charge < -0.3 is 14.4 Å². The van der Waals surface area contributed by atoms with E-state index in [4.69, 9.17) is 9.47 Å². The van der Waals surface area contributed by atoms with Gasteiger partial charge in [0.25, 0.3) is 0 Å². The average Bonchev–Trinajstić information content (AvgIpc) is 3.08. The van der Waals surface area contributed by atoms with Crippen LogP contribution >= 0.6 is 0 Å². The van der Waals surface area contributed by atoms with E-state index in [1.165, 1.54) is 23.3 Å². The van der Waals surface area contributed by atoms with E-state index in [1.807, 2.05) is 48.5 Å². The molecule has 0 saturated carbocycles. The van der Waals surface area contributed by atoms with Crippen LogP contribution in [-0.4, -0.2) is 7.11 Å². The summed E-state index contributed by atoms with van der Waals surface area (Å²) in [7, 11) is 1.71. The van der Waals surface area contributed by atoms with Crippen molar-refractivity contribution in [2.75, 3.05) is 12.0 Å². The molecule has 1 heterocycles. The van der Waals surface area contributed by atoms with Gasteiger partial charge in [0, 0.05) is 23.1 Å². The third-order valence-electron chi connectivity index (χ3n) is 6.32. The molecule has 4 heteroatoms. The average molecular weight is 466 g/mol. The summed E-state index contributed by atoms with van der Waals surface area (Å²) in [6, 6.07) is 24.9. The van der Waals surface area contributed by atoms with Gasteiger partial charge in [-0.15, -0.1) is 0 Å². The lowest BCUT2D eigenvalue weighted by Crippen LogP contribution is -2.15. The summed E-state index contributed by atoms with van der Waals surface area (Å²) in [4.78, 5) is 2.18. The van der Waals surface area contributed by atoms with Crippen LogP contribution < -0.4 is 9.64 Å². The molecule has 0 bridgehead atoms. The van der Waals surface area contributed by atoms with Gasteiger partial charge in [-0.2, -0.15) is 0 Å². The molecule has 0 atom stereocenters. The van der Waals surface area contributed by atoms with Crippen molar-refractivity contribution in [3.63, 3.8) is 0 Å². The Hall–Kier alpha value is -4.05. The zero-order valence-corrected chi connectivity index (χ0v) is 19.8. The highest BCUT2D eigenvalue weighted by molar-refractivity contribution is 5.68. The Balaban J connectivity index is 1.51. The predicted molar refractivity (Wildman–Crippen MR) is 139 cm³/mol. The Morgan fingerprint density at radius 2 is 1.66 bits per heavy atom. The number of nitrogens with zero attached hydrogens (tertiary/aromatic N) is 1. The highest BCUT2D eigenvalue weighted by Crippen LogP contribution is 2.37. The number of benzene rings is 3. The molecular formula is C31H28FNO2. The molecule has 35 heavy (non-hydrogen) atoms. The Morgan fingerprint density at radius 3 is 2.46 bits per heavy atom. The molecule has 1 aliphatic heterocycles. The van der Waals surface area contributed by atoms with Crippen molar-refractivity contribution in [1.82, 2.24) is 0 Å². The number of hydrogen-bond donors (Lipinski definition) is 0. The molecule has 0 spiro atoms. The molecule has 0 aromatic heterocycles. The van der Waals surface area contributed by atoms with Gasteiger partial charge in [-0.3, -0.25) is 0 Å². The normalized spacial score (nSPS) is 16.6. The lowest BCUT2D eigenvalue weighted by molar-refractivity contribution is 0.304. The van der Waals surface area contributed by atoms with E-state index < -0.39 is 0 Å². The van der Waals surface area contributed by atoms with Crippen LogP contribution in [0.3, 0.4) is 0 Å². The van der Waals surface area contributed by atoms with E-state index in [0.717, 1.165) is 53.3 Å². The molecule has 0 radical (unpaired) electrons. The first-order chi connectivity index (χ1) is 17.2. The summed E-state index contributed by atoms with van der Waals surface area (Å²) in [6.45, 7) is 0.505. The molecule has 3 aromatic rings. The maximum absolute atomic E-state index is 13.7. The first-order valence-corrected chi connectivity index (χ1v) is 11.9. The molecule has 0 amide bonds. The fourth-order valence-corrected chi connectivity index (χ4v) is 4.43. The number of rotatable bonds is 6. The van der Waals surface area contributed by atoms with Crippen LogP contribution in [0, 0.1) is 5.82 Å². The van der Waals surface area contributed by atoms with Crippen molar-refractivity contribution < 1.29 is 13.9 Å². The van der Waals surface area contributed by atoms with Crippen molar-refractivity contribution >= 4 is 11.8 Å². The Morgan fingerprint density at radius 1 is 0.886 bits per heavy atom. The lowest BCUT2D eigenvalue weighted by Gasteiger charge is -2.24. The summed E-state index contributed by atoms with van der Waals surface area (Å²) < 4.78 is 25.4. The highest BCUT2D eigenvalue weighted by Gasteiger charge is 2.21. The van der Waals surface area contributed by atoms with Crippen LogP contribution in [-0.2, 0) is 11.3 Å². The van der Waals surface area contributed by atoms with E-state index >= 15 is 0 Å². The van der Waals surface area contributed by atoms with E-state index in [2.05, 4.69) is 47.5 Å². The van der Waals surface area contributed by atoms with Gasteiger partial charge in [0.1, 0.15) is 23.9 Å². The van der Waals surface area contributed by atoms with Gasteiger partial charge in [-0.1, -0.05) is 48.5 Å². The number of hydrogen-bond acceptors (Lipinski definition) is 3. The van der Waals surface area contributed by atoms with Gasteiger partial charge >= 0.3 is 0 Å². The van der Waals surface area contributed by atoms with Crippen molar-refractivity contribution in [2.24, 2.45) is 0 Å². The van der Waals surface area contributed by atoms with Crippen LogP contribution in [0.15, 0.2) is 120 Å². The topological polar surface area (TPSA) is 21.7 Å². The number of ether oxygens (including phenoxy) is 2. The second-order valence-corrected chi connectivity index (χ2v) is 8.63. The number of anilines is 1. The minimum absolute atomic E-state index is 0.243. The third kappa shape index (κ3) is 5.38. The van der Waals surface area contributed by atoms with Crippen LogP contribution in [0.2, 0.25) is 0 Å². The van der Waals surface area contributed by atoms with Crippen molar-refractivity contribution in [1.29, 1.82) is 0 Å².